The average molecular weight is 409 g/mol. The molecule has 3 rings (SSSR count). The van der Waals surface area contributed by atoms with Gasteiger partial charge in [0.1, 0.15) is 11.6 Å². The first kappa shape index (κ1) is 20.3. The summed E-state index contributed by atoms with van der Waals surface area (Å²) in [5.74, 6) is -0.0554. The van der Waals surface area contributed by atoms with E-state index in [4.69, 9.17) is 17.0 Å². The number of hydrogen-bond acceptors (Lipinski definition) is 3. The van der Waals surface area contributed by atoms with Crippen LogP contribution in [0.25, 0.3) is 11.1 Å². The Hall–Kier alpha value is -3.45. The van der Waals surface area contributed by atoms with E-state index in [-0.39, 0.29) is 23.4 Å². The second-order valence-electron chi connectivity index (χ2n) is 6.13. The number of nitrogens with one attached hydrogen (secondary N) is 3. The summed E-state index contributed by atoms with van der Waals surface area (Å²) >= 11 is 5.11. The Morgan fingerprint density at radius 3 is 2.34 bits per heavy atom. The van der Waals surface area contributed by atoms with Crippen molar-refractivity contribution in [2.45, 2.75) is 6.54 Å². The number of hydrogen-bond donors (Lipinski definition) is 3. The minimum absolute atomic E-state index is 0.169. The van der Waals surface area contributed by atoms with Crippen LogP contribution in [0.2, 0.25) is 0 Å². The van der Waals surface area contributed by atoms with Crippen LogP contribution in [0.1, 0.15) is 5.56 Å². The van der Waals surface area contributed by atoms with Gasteiger partial charge in [0.25, 0.3) is 5.91 Å². The summed E-state index contributed by atoms with van der Waals surface area (Å²) in [5, 5.41) is 3.16. The fourth-order valence-corrected chi connectivity index (χ4v) is 2.71. The van der Waals surface area contributed by atoms with Gasteiger partial charge in [-0.2, -0.15) is 0 Å². The van der Waals surface area contributed by atoms with Crippen LogP contribution < -0.4 is 20.9 Å². The third-order valence-corrected chi connectivity index (χ3v) is 4.26. The third kappa shape index (κ3) is 6.29. The topological polar surface area (TPSA) is 62.4 Å². The summed E-state index contributed by atoms with van der Waals surface area (Å²) in [6.45, 7) is 0.236. The van der Waals surface area contributed by atoms with E-state index in [1.807, 2.05) is 54.6 Å². The summed E-state index contributed by atoms with van der Waals surface area (Å²) in [7, 11) is 0. The Morgan fingerprint density at radius 1 is 0.897 bits per heavy atom. The van der Waals surface area contributed by atoms with Crippen LogP contribution in [-0.2, 0) is 11.3 Å². The molecule has 0 aliphatic heterocycles. The molecule has 0 spiro atoms. The highest BCUT2D eigenvalue weighted by molar-refractivity contribution is 7.80. The van der Waals surface area contributed by atoms with E-state index in [1.54, 1.807) is 12.1 Å². The Balaban J connectivity index is 1.44. The fourth-order valence-electron chi connectivity index (χ4n) is 2.58. The summed E-state index contributed by atoms with van der Waals surface area (Å²) < 4.78 is 18.6. The average Bonchev–Trinajstić information content (AvgIpc) is 2.76. The van der Waals surface area contributed by atoms with E-state index in [1.165, 1.54) is 12.1 Å². The van der Waals surface area contributed by atoms with Crippen molar-refractivity contribution in [2.75, 3.05) is 6.61 Å². The van der Waals surface area contributed by atoms with Crippen LogP contribution in [0, 0.1) is 5.82 Å². The van der Waals surface area contributed by atoms with E-state index in [0.29, 0.717) is 12.3 Å². The lowest BCUT2D eigenvalue weighted by molar-refractivity contribution is -0.123. The van der Waals surface area contributed by atoms with Gasteiger partial charge >= 0.3 is 0 Å². The van der Waals surface area contributed by atoms with Crippen LogP contribution in [0.15, 0.2) is 78.9 Å². The molecule has 0 heterocycles. The van der Waals surface area contributed by atoms with Crippen LogP contribution in [0.4, 0.5) is 4.39 Å². The van der Waals surface area contributed by atoms with Crippen molar-refractivity contribution in [3.05, 3.63) is 90.2 Å². The summed E-state index contributed by atoms with van der Waals surface area (Å²) in [5.41, 5.74) is 7.87. The number of halogens is 1. The highest BCUT2D eigenvalue weighted by Crippen LogP contribution is 2.29. The minimum atomic E-state index is -0.376. The van der Waals surface area contributed by atoms with Gasteiger partial charge in [-0.1, -0.05) is 60.7 Å². The lowest BCUT2D eigenvalue weighted by Crippen LogP contribution is -2.48. The largest absolute Gasteiger partial charge is 0.483 e. The predicted octanol–water partition coefficient (Wildman–Crippen LogP) is 3.57. The van der Waals surface area contributed by atoms with Gasteiger partial charge in [-0.25, -0.2) is 4.39 Å². The molecule has 148 valence electrons. The number of hydrazine groups is 1. The summed E-state index contributed by atoms with van der Waals surface area (Å²) in [6.07, 6.45) is 0. The zero-order valence-corrected chi connectivity index (χ0v) is 16.3. The normalized spacial score (nSPS) is 10.1. The molecule has 0 radical (unpaired) electrons. The van der Waals surface area contributed by atoms with E-state index in [0.717, 1.165) is 16.7 Å². The molecule has 0 saturated carbocycles. The van der Waals surface area contributed by atoms with Crippen molar-refractivity contribution in [2.24, 2.45) is 0 Å². The highest BCUT2D eigenvalue weighted by Gasteiger charge is 2.08. The van der Waals surface area contributed by atoms with Crippen molar-refractivity contribution in [3.8, 4) is 16.9 Å². The van der Waals surface area contributed by atoms with Crippen LogP contribution in [0.3, 0.4) is 0 Å². The number of carbonyl (C=O) groups excluding carboxylic acids is 1. The number of para-hydroxylation sites is 1. The molecule has 0 aromatic heterocycles. The minimum Gasteiger partial charge on any atom is -0.483 e. The van der Waals surface area contributed by atoms with Gasteiger partial charge < -0.3 is 10.1 Å². The smallest absolute Gasteiger partial charge is 0.276 e. The molecule has 0 bridgehead atoms. The Kier molecular flexibility index (Phi) is 7.13. The molecular formula is C22H20FN3O2S. The number of rotatable bonds is 6. The molecule has 0 atom stereocenters. The maximum Gasteiger partial charge on any atom is 0.276 e. The van der Waals surface area contributed by atoms with Crippen molar-refractivity contribution < 1.29 is 13.9 Å². The van der Waals surface area contributed by atoms with Crippen LogP contribution in [-0.4, -0.2) is 17.6 Å². The zero-order chi connectivity index (χ0) is 20.5. The van der Waals surface area contributed by atoms with E-state index in [2.05, 4.69) is 16.2 Å². The van der Waals surface area contributed by atoms with Gasteiger partial charge in [-0.15, -0.1) is 0 Å². The van der Waals surface area contributed by atoms with E-state index in [9.17, 15) is 9.18 Å². The van der Waals surface area contributed by atoms with Crippen molar-refractivity contribution >= 4 is 23.2 Å². The Labute approximate surface area is 173 Å². The SMILES string of the molecule is O=C(COc1ccccc1-c1ccccc1)NNC(=S)NCc1ccc(F)cc1. The van der Waals surface area contributed by atoms with Gasteiger partial charge in [0, 0.05) is 12.1 Å². The molecule has 29 heavy (non-hydrogen) atoms. The lowest BCUT2D eigenvalue weighted by Gasteiger charge is -2.13. The number of carbonyl (C=O) groups is 1. The number of ether oxygens (including phenoxy) is 1. The van der Waals surface area contributed by atoms with Crippen molar-refractivity contribution in [3.63, 3.8) is 0 Å². The monoisotopic (exact) mass is 409 g/mol. The summed E-state index contributed by atoms with van der Waals surface area (Å²) in [6, 6.07) is 23.4. The molecule has 5 nitrogen and oxygen atoms in total. The molecule has 1 amide bonds. The Bertz CT molecular complexity index is 965. The quantitative estimate of drug-likeness (QED) is 0.429. The zero-order valence-electron chi connectivity index (χ0n) is 15.5. The third-order valence-electron chi connectivity index (χ3n) is 4.01. The number of amides is 1. The Morgan fingerprint density at radius 2 is 1.59 bits per heavy atom. The second kappa shape index (κ2) is 10.2. The van der Waals surface area contributed by atoms with Gasteiger partial charge in [0.15, 0.2) is 11.7 Å². The molecule has 0 fully saturated rings. The molecule has 3 N–H and O–H groups in total. The standard InChI is InChI=1S/C22H20FN3O2S/c23-18-12-10-16(11-13-18)14-24-22(29)26-25-21(27)15-28-20-9-5-4-8-19(20)17-6-2-1-3-7-17/h1-13H,14-15H2,(H,25,27)(H2,24,26,29). The van der Waals surface area contributed by atoms with Gasteiger partial charge in [0.05, 0.1) is 0 Å². The first-order valence-electron chi connectivity index (χ1n) is 8.96. The molecule has 0 saturated heterocycles. The van der Waals surface area contributed by atoms with Gasteiger partial charge in [-0.05, 0) is 41.5 Å². The molecule has 0 aliphatic rings. The highest BCUT2D eigenvalue weighted by atomic mass is 32.1. The fraction of sp³-hybridized carbons (Fsp3) is 0.0909. The summed E-state index contributed by atoms with van der Waals surface area (Å²) in [4.78, 5) is 12.1. The van der Waals surface area contributed by atoms with E-state index >= 15 is 0 Å². The molecule has 7 heteroatoms. The van der Waals surface area contributed by atoms with Crippen LogP contribution >= 0.6 is 12.2 Å². The van der Waals surface area contributed by atoms with Crippen molar-refractivity contribution in [1.29, 1.82) is 0 Å². The second-order valence-corrected chi connectivity index (χ2v) is 6.54. The van der Waals surface area contributed by atoms with Gasteiger partial charge in [-0.3, -0.25) is 15.6 Å². The molecule has 3 aromatic carbocycles. The molecule has 0 unspecified atom stereocenters. The number of thiocarbonyl (C=S) groups is 1. The predicted molar refractivity (Wildman–Crippen MR) is 114 cm³/mol. The maximum atomic E-state index is 12.9. The molecular weight excluding hydrogens is 389 g/mol. The van der Waals surface area contributed by atoms with Crippen molar-refractivity contribution in [1.82, 2.24) is 16.2 Å². The van der Waals surface area contributed by atoms with E-state index < -0.39 is 0 Å². The number of benzene rings is 3. The first-order valence-corrected chi connectivity index (χ1v) is 9.37. The van der Waals surface area contributed by atoms with Crippen LogP contribution in [0.5, 0.6) is 5.75 Å². The molecule has 0 aliphatic carbocycles. The van der Waals surface area contributed by atoms with Gasteiger partial charge in [0.2, 0.25) is 0 Å². The first-order chi connectivity index (χ1) is 14.1. The molecule has 3 aromatic rings. The lowest BCUT2D eigenvalue weighted by atomic mass is 10.1. The maximum absolute atomic E-state index is 12.9.